The third-order valence-corrected chi connectivity index (χ3v) is 7.99. The number of hydrogen-bond acceptors (Lipinski definition) is 5. The summed E-state index contributed by atoms with van der Waals surface area (Å²) in [7, 11) is -3.72. The number of rotatable bonds is 5. The number of carbonyl (C=O) groups excluding carboxylic acids is 2. The summed E-state index contributed by atoms with van der Waals surface area (Å²) in [6, 6.07) is 9.86. The molecular weight excluding hydrogens is 466 g/mol. The van der Waals surface area contributed by atoms with Crippen molar-refractivity contribution in [1.29, 1.82) is 0 Å². The lowest BCUT2D eigenvalue weighted by atomic mass is 10.2. The lowest BCUT2D eigenvalue weighted by Crippen LogP contribution is -2.49. The molecule has 1 aliphatic heterocycles. The van der Waals surface area contributed by atoms with Gasteiger partial charge < -0.3 is 10.2 Å². The minimum absolute atomic E-state index is 0.0616. The Balaban J connectivity index is 1.69. The number of amides is 2. The summed E-state index contributed by atoms with van der Waals surface area (Å²) < 4.78 is 28.2. The predicted molar refractivity (Wildman–Crippen MR) is 111 cm³/mol. The third-order valence-electron chi connectivity index (χ3n) is 4.47. The van der Waals surface area contributed by atoms with E-state index < -0.39 is 10.0 Å². The fourth-order valence-corrected chi connectivity index (χ4v) is 5.80. The SMILES string of the molecule is CC(=O)N1CCN(S(=O)(=O)c2cccc(C(=O)NCc3ccc(Br)s3)c2)CC1. The molecular formula is C18H20BrN3O4S2. The maximum absolute atomic E-state index is 12.9. The van der Waals surface area contributed by atoms with E-state index >= 15 is 0 Å². The lowest BCUT2D eigenvalue weighted by molar-refractivity contribution is -0.129. The maximum Gasteiger partial charge on any atom is 0.251 e. The number of nitrogens with one attached hydrogen (secondary N) is 1. The van der Waals surface area contributed by atoms with Crippen LogP contribution in [0, 0.1) is 0 Å². The van der Waals surface area contributed by atoms with Gasteiger partial charge in [-0.15, -0.1) is 11.3 Å². The first-order valence-electron chi connectivity index (χ1n) is 8.65. The molecule has 2 amide bonds. The van der Waals surface area contributed by atoms with Crippen molar-refractivity contribution >= 4 is 49.1 Å². The minimum Gasteiger partial charge on any atom is -0.347 e. The quantitative estimate of drug-likeness (QED) is 0.703. The molecule has 7 nitrogen and oxygen atoms in total. The molecule has 1 aromatic heterocycles. The molecule has 28 heavy (non-hydrogen) atoms. The van der Waals surface area contributed by atoms with E-state index in [1.807, 2.05) is 12.1 Å². The number of sulfonamides is 1. The van der Waals surface area contributed by atoms with Gasteiger partial charge in [0.25, 0.3) is 5.91 Å². The maximum atomic E-state index is 12.9. The molecule has 1 fully saturated rings. The second kappa shape index (κ2) is 8.73. The van der Waals surface area contributed by atoms with E-state index in [4.69, 9.17) is 0 Å². The van der Waals surface area contributed by atoms with E-state index in [1.165, 1.54) is 34.7 Å². The van der Waals surface area contributed by atoms with Crippen LogP contribution < -0.4 is 5.32 Å². The molecule has 0 aliphatic carbocycles. The molecule has 3 rings (SSSR count). The predicted octanol–water partition coefficient (Wildman–Crippen LogP) is 2.29. The van der Waals surface area contributed by atoms with Crippen molar-refractivity contribution < 1.29 is 18.0 Å². The first-order chi connectivity index (χ1) is 13.3. The molecule has 1 saturated heterocycles. The molecule has 150 valence electrons. The zero-order valence-electron chi connectivity index (χ0n) is 15.2. The molecule has 0 radical (unpaired) electrons. The first-order valence-corrected chi connectivity index (χ1v) is 11.7. The Kier molecular flexibility index (Phi) is 6.54. The molecule has 0 atom stereocenters. The van der Waals surface area contributed by atoms with Gasteiger partial charge in [0.05, 0.1) is 15.2 Å². The van der Waals surface area contributed by atoms with E-state index in [2.05, 4.69) is 21.2 Å². The van der Waals surface area contributed by atoms with Crippen LogP contribution in [-0.2, 0) is 21.4 Å². The highest BCUT2D eigenvalue weighted by Crippen LogP contribution is 2.22. The summed E-state index contributed by atoms with van der Waals surface area (Å²) >= 11 is 4.90. The van der Waals surface area contributed by atoms with Gasteiger partial charge in [-0.3, -0.25) is 9.59 Å². The van der Waals surface area contributed by atoms with Crippen molar-refractivity contribution in [3.63, 3.8) is 0 Å². The topological polar surface area (TPSA) is 86.8 Å². The second-order valence-corrected chi connectivity index (χ2v) is 10.8. The Labute approximate surface area is 176 Å². The van der Waals surface area contributed by atoms with Crippen LogP contribution in [0.1, 0.15) is 22.2 Å². The Bertz CT molecular complexity index is 982. The first kappa shape index (κ1) is 21.0. The summed E-state index contributed by atoms with van der Waals surface area (Å²) in [6.07, 6.45) is 0. The van der Waals surface area contributed by atoms with Crippen LogP contribution in [-0.4, -0.2) is 55.6 Å². The van der Waals surface area contributed by atoms with Crippen molar-refractivity contribution in [2.24, 2.45) is 0 Å². The van der Waals surface area contributed by atoms with Gasteiger partial charge in [0.15, 0.2) is 0 Å². The molecule has 10 heteroatoms. The van der Waals surface area contributed by atoms with Crippen LogP contribution >= 0.6 is 27.3 Å². The highest BCUT2D eigenvalue weighted by Gasteiger charge is 2.29. The third kappa shape index (κ3) is 4.80. The normalized spacial score (nSPS) is 15.4. The summed E-state index contributed by atoms with van der Waals surface area (Å²) in [5, 5.41) is 2.80. The van der Waals surface area contributed by atoms with Crippen molar-refractivity contribution in [3.8, 4) is 0 Å². The van der Waals surface area contributed by atoms with Crippen LogP contribution in [0.15, 0.2) is 45.1 Å². The van der Waals surface area contributed by atoms with Crippen LogP contribution in [0.4, 0.5) is 0 Å². The van der Waals surface area contributed by atoms with Gasteiger partial charge in [0.1, 0.15) is 0 Å². The number of carbonyl (C=O) groups is 2. The Morgan fingerprint density at radius 3 is 2.46 bits per heavy atom. The zero-order valence-corrected chi connectivity index (χ0v) is 18.4. The summed E-state index contributed by atoms with van der Waals surface area (Å²) in [5.74, 6) is -0.392. The summed E-state index contributed by atoms with van der Waals surface area (Å²) in [6.45, 7) is 3.06. The fourth-order valence-electron chi connectivity index (χ4n) is 2.91. The molecule has 0 saturated carbocycles. The van der Waals surface area contributed by atoms with Crippen LogP contribution in [0.3, 0.4) is 0 Å². The summed E-state index contributed by atoms with van der Waals surface area (Å²) in [4.78, 5) is 26.5. The minimum atomic E-state index is -3.72. The number of halogens is 1. The number of hydrogen-bond donors (Lipinski definition) is 1. The number of piperazine rings is 1. The van der Waals surface area contributed by atoms with E-state index in [9.17, 15) is 18.0 Å². The highest BCUT2D eigenvalue weighted by atomic mass is 79.9. The van der Waals surface area contributed by atoms with Crippen molar-refractivity contribution in [2.75, 3.05) is 26.2 Å². The molecule has 0 bridgehead atoms. The summed E-state index contributed by atoms with van der Waals surface area (Å²) in [5.41, 5.74) is 0.291. The lowest BCUT2D eigenvalue weighted by Gasteiger charge is -2.33. The molecule has 2 heterocycles. The molecule has 2 aromatic rings. The van der Waals surface area contributed by atoms with E-state index in [0.717, 1.165) is 8.66 Å². The van der Waals surface area contributed by atoms with Crippen LogP contribution in [0.25, 0.3) is 0 Å². The van der Waals surface area contributed by atoms with Crippen molar-refractivity contribution in [3.05, 3.63) is 50.6 Å². The number of benzene rings is 1. The van der Waals surface area contributed by atoms with Crippen molar-refractivity contribution in [1.82, 2.24) is 14.5 Å². The smallest absolute Gasteiger partial charge is 0.251 e. The van der Waals surface area contributed by atoms with E-state index in [1.54, 1.807) is 17.0 Å². The average Bonchev–Trinajstić information content (AvgIpc) is 3.11. The van der Waals surface area contributed by atoms with Gasteiger partial charge in [-0.25, -0.2) is 8.42 Å². The largest absolute Gasteiger partial charge is 0.347 e. The van der Waals surface area contributed by atoms with Gasteiger partial charge in [0.2, 0.25) is 15.9 Å². The van der Waals surface area contributed by atoms with E-state index in [0.29, 0.717) is 25.2 Å². The van der Waals surface area contributed by atoms with Gasteiger partial charge in [-0.05, 0) is 46.3 Å². The van der Waals surface area contributed by atoms with Crippen LogP contribution in [0.5, 0.6) is 0 Å². The molecule has 0 spiro atoms. The van der Waals surface area contributed by atoms with Crippen LogP contribution in [0.2, 0.25) is 0 Å². The molecule has 0 unspecified atom stereocenters. The highest BCUT2D eigenvalue weighted by molar-refractivity contribution is 9.11. The standard InChI is InChI=1S/C18H20BrN3O4S2/c1-13(23)21-7-9-22(10-8-21)28(25,26)16-4-2-3-14(11-16)18(24)20-12-15-5-6-17(19)27-15/h2-6,11H,7-10,12H2,1H3,(H,20,24). The molecule has 1 aromatic carbocycles. The average molecular weight is 486 g/mol. The zero-order chi connectivity index (χ0) is 20.3. The Morgan fingerprint density at radius 1 is 1.14 bits per heavy atom. The Hall–Kier alpha value is -1.75. The van der Waals surface area contributed by atoms with Gasteiger partial charge in [-0.1, -0.05) is 6.07 Å². The fraction of sp³-hybridized carbons (Fsp3) is 0.333. The van der Waals surface area contributed by atoms with Crippen molar-refractivity contribution in [2.45, 2.75) is 18.4 Å². The Morgan fingerprint density at radius 2 is 1.86 bits per heavy atom. The number of nitrogens with zero attached hydrogens (tertiary/aromatic N) is 2. The molecule has 1 aliphatic rings. The number of thiophene rings is 1. The van der Waals surface area contributed by atoms with Gasteiger partial charge in [-0.2, -0.15) is 4.31 Å². The second-order valence-electron chi connectivity index (χ2n) is 6.33. The monoisotopic (exact) mass is 485 g/mol. The molecule has 1 N–H and O–H groups in total. The van der Waals surface area contributed by atoms with E-state index in [-0.39, 0.29) is 29.8 Å². The van der Waals surface area contributed by atoms with Gasteiger partial charge in [0, 0.05) is 43.5 Å². The van der Waals surface area contributed by atoms with Gasteiger partial charge >= 0.3 is 0 Å².